The van der Waals surface area contributed by atoms with Gasteiger partial charge in [-0.15, -0.1) is 0 Å². The third-order valence-corrected chi connectivity index (χ3v) is 3.20. The van der Waals surface area contributed by atoms with Crippen molar-refractivity contribution in [1.29, 1.82) is 0 Å². The van der Waals surface area contributed by atoms with Crippen LogP contribution in [0.2, 0.25) is 5.02 Å². The van der Waals surface area contributed by atoms with E-state index in [2.05, 4.69) is 4.99 Å². The minimum absolute atomic E-state index is 0.0784. The van der Waals surface area contributed by atoms with Gasteiger partial charge in [0.1, 0.15) is 5.75 Å². The average Bonchev–Trinajstić information content (AvgIpc) is 2.37. The number of ether oxygens (including phenoxy) is 2. The van der Waals surface area contributed by atoms with Crippen LogP contribution in [-0.4, -0.2) is 37.3 Å². The van der Waals surface area contributed by atoms with E-state index < -0.39 is 0 Å². The maximum absolute atomic E-state index is 5.79. The third kappa shape index (κ3) is 7.30. The Kier molecular flexibility index (Phi) is 7.70. The van der Waals surface area contributed by atoms with Crippen LogP contribution >= 0.6 is 23.4 Å². The van der Waals surface area contributed by atoms with Crippen LogP contribution in [0.5, 0.6) is 5.75 Å². The van der Waals surface area contributed by atoms with Crippen LogP contribution in [0.4, 0.5) is 0 Å². The number of hydrogen-bond donors (Lipinski definition) is 1. The summed E-state index contributed by atoms with van der Waals surface area (Å²) in [4.78, 5) is 4.28. The van der Waals surface area contributed by atoms with Crippen LogP contribution in [0.3, 0.4) is 0 Å². The maximum Gasteiger partial charge on any atom is 0.154 e. The summed E-state index contributed by atoms with van der Waals surface area (Å²) in [6.45, 7) is 3.10. The average molecular weight is 303 g/mol. The van der Waals surface area contributed by atoms with Crippen molar-refractivity contribution < 1.29 is 9.47 Å². The Morgan fingerprint density at radius 3 is 2.74 bits per heavy atom. The van der Waals surface area contributed by atoms with Gasteiger partial charge < -0.3 is 15.2 Å². The van der Waals surface area contributed by atoms with Gasteiger partial charge in [0, 0.05) is 17.9 Å². The summed E-state index contributed by atoms with van der Waals surface area (Å²) in [6, 6.07) is 7.35. The van der Waals surface area contributed by atoms with E-state index in [0.29, 0.717) is 23.4 Å². The number of methoxy groups -OCH3 is 1. The molecule has 0 aromatic heterocycles. The summed E-state index contributed by atoms with van der Waals surface area (Å²) in [5.41, 5.74) is 5.79. The molecule has 0 fully saturated rings. The number of rotatable bonds is 7. The van der Waals surface area contributed by atoms with Crippen LogP contribution < -0.4 is 10.5 Å². The molecule has 0 unspecified atom stereocenters. The first-order chi connectivity index (χ1) is 9.11. The Morgan fingerprint density at radius 1 is 1.42 bits per heavy atom. The smallest absolute Gasteiger partial charge is 0.154 e. The number of benzene rings is 1. The predicted octanol–water partition coefficient (Wildman–Crippen LogP) is 2.80. The van der Waals surface area contributed by atoms with Crippen molar-refractivity contribution in [2.75, 3.05) is 26.1 Å². The highest BCUT2D eigenvalue weighted by Gasteiger charge is 2.01. The van der Waals surface area contributed by atoms with Crippen molar-refractivity contribution in [2.24, 2.45) is 10.7 Å². The summed E-state index contributed by atoms with van der Waals surface area (Å²) < 4.78 is 10.5. The summed E-state index contributed by atoms with van der Waals surface area (Å²) >= 11 is 7.26. The molecule has 1 aromatic carbocycles. The van der Waals surface area contributed by atoms with Gasteiger partial charge in [-0.2, -0.15) is 0 Å². The van der Waals surface area contributed by atoms with Gasteiger partial charge in [-0.05, 0) is 31.2 Å². The lowest BCUT2D eigenvalue weighted by molar-refractivity contribution is 0.186. The van der Waals surface area contributed by atoms with E-state index in [1.54, 1.807) is 19.2 Å². The van der Waals surface area contributed by atoms with Crippen molar-refractivity contribution in [2.45, 2.75) is 13.0 Å². The number of halogens is 1. The van der Waals surface area contributed by atoms with E-state index in [9.17, 15) is 0 Å². The molecular formula is C13H19ClN2O2S. The predicted molar refractivity (Wildman–Crippen MR) is 82.4 cm³/mol. The molecule has 1 rings (SSSR count). The zero-order chi connectivity index (χ0) is 14.1. The van der Waals surface area contributed by atoms with E-state index in [4.69, 9.17) is 26.8 Å². The topological polar surface area (TPSA) is 56.8 Å². The van der Waals surface area contributed by atoms with E-state index >= 15 is 0 Å². The fourth-order valence-electron chi connectivity index (χ4n) is 1.37. The van der Waals surface area contributed by atoms with Gasteiger partial charge >= 0.3 is 0 Å². The molecule has 0 spiro atoms. The minimum Gasteiger partial charge on any atom is -0.493 e. The first kappa shape index (κ1) is 16.1. The van der Waals surface area contributed by atoms with Crippen LogP contribution in [-0.2, 0) is 4.74 Å². The van der Waals surface area contributed by atoms with Crippen LogP contribution in [0.15, 0.2) is 29.3 Å². The van der Waals surface area contributed by atoms with Gasteiger partial charge in [0.2, 0.25) is 0 Å². The lowest BCUT2D eigenvalue weighted by Gasteiger charge is -2.08. The minimum atomic E-state index is 0.0784. The molecular weight excluding hydrogens is 284 g/mol. The van der Waals surface area contributed by atoms with Crippen molar-refractivity contribution in [3.05, 3.63) is 29.3 Å². The normalized spacial score (nSPS) is 13.3. The summed E-state index contributed by atoms with van der Waals surface area (Å²) in [7, 11) is 1.65. The second-order valence-electron chi connectivity index (χ2n) is 3.92. The zero-order valence-electron chi connectivity index (χ0n) is 11.1. The Bertz CT molecular complexity index is 398. The molecule has 6 heteroatoms. The van der Waals surface area contributed by atoms with Gasteiger partial charge in [0.15, 0.2) is 5.17 Å². The molecule has 19 heavy (non-hydrogen) atoms. The highest BCUT2D eigenvalue weighted by Crippen LogP contribution is 2.15. The van der Waals surface area contributed by atoms with Crippen molar-refractivity contribution in [3.63, 3.8) is 0 Å². The first-order valence-corrected chi connectivity index (χ1v) is 7.31. The number of nitrogens with two attached hydrogens (primary N) is 1. The lowest BCUT2D eigenvalue weighted by atomic mass is 10.3. The Labute approximate surface area is 123 Å². The van der Waals surface area contributed by atoms with E-state index in [0.717, 1.165) is 11.5 Å². The summed E-state index contributed by atoms with van der Waals surface area (Å²) in [5, 5.41) is 1.26. The Balaban J connectivity index is 2.21. The summed E-state index contributed by atoms with van der Waals surface area (Å²) in [6.07, 6.45) is 0. The van der Waals surface area contributed by atoms with Gasteiger partial charge in [-0.3, -0.25) is 4.99 Å². The molecule has 0 saturated heterocycles. The van der Waals surface area contributed by atoms with E-state index in [1.165, 1.54) is 11.8 Å². The van der Waals surface area contributed by atoms with Gasteiger partial charge in [-0.25, -0.2) is 0 Å². The quantitative estimate of drug-likeness (QED) is 0.478. The molecule has 4 nitrogen and oxygen atoms in total. The second kappa shape index (κ2) is 9.07. The van der Waals surface area contributed by atoms with Crippen LogP contribution in [0, 0.1) is 0 Å². The standard InChI is InChI=1S/C13H19ClN2O2S/c1-10(9-17-2)16-13(15)19-8-7-18-12-5-3-11(14)4-6-12/h3-6,10H,7-9H2,1-2H3,(H2,15,16)/t10-/m0/s1. The lowest BCUT2D eigenvalue weighted by Crippen LogP contribution is -2.16. The largest absolute Gasteiger partial charge is 0.493 e. The first-order valence-electron chi connectivity index (χ1n) is 5.95. The fraction of sp³-hybridized carbons (Fsp3) is 0.462. The molecule has 1 atom stereocenters. The SMILES string of the molecule is COC[C@H](C)N=C(N)SCCOc1ccc(Cl)cc1. The van der Waals surface area contributed by atoms with Crippen molar-refractivity contribution >= 4 is 28.5 Å². The van der Waals surface area contributed by atoms with Gasteiger partial charge in [0.05, 0.1) is 19.3 Å². The second-order valence-corrected chi connectivity index (χ2v) is 5.47. The summed E-state index contributed by atoms with van der Waals surface area (Å²) in [5.74, 6) is 1.55. The monoisotopic (exact) mass is 302 g/mol. The zero-order valence-corrected chi connectivity index (χ0v) is 12.7. The number of thioether (sulfide) groups is 1. The number of amidine groups is 1. The fourth-order valence-corrected chi connectivity index (χ4v) is 2.13. The maximum atomic E-state index is 5.79. The van der Waals surface area contributed by atoms with E-state index in [1.807, 2.05) is 19.1 Å². The van der Waals surface area contributed by atoms with Crippen molar-refractivity contribution in [1.82, 2.24) is 0 Å². The molecule has 106 valence electrons. The highest BCUT2D eigenvalue weighted by molar-refractivity contribution is 8.13. The molecule has 0 aliphatic carbocycles. The van der Waals surface area contributed by atoms with Gasteiger partial charge in [-0.1, -0.05) is 23.4 Å². The Morgan fingerprint density at radius 2 is 2.11 bits per heavy atom. The highest BCUT2D eigenvalue weighted by atomic mass is 35.5. The van der Waals surface area contributed by atoms with Crippen molar-refractivity contribution in [3.8, 4) is 5.75 Å². The van der Waals surface area contributed by atoms with E-state index in [-0.39, 0.29) is 6.04 Å². The molecule has 0 amide bonds. The number of nitrogens with zero attached hydrogens (tertiary/aromatic N) is 1. The molecule has 0 aliphatic rings. The molecule has 0 bridgehead atoms. The molecule has 0 aliphatic heterocycles. The third-order valence-electron chi connectivity index (χ3n) is 2.17. The molecule has 1 aromatic rings. The molecule has 2 N–H and O–H groups in total. The number of aliphatic imine (C=N–C) groups is 1. The molecule has 0 heterocycles. The number of hydrogen-bond acceptors (Lipinski definition) is 4. The molecule has 0 radical (unpaired) electrons. The van der Waals surface area contributed by atoms with Gasteiger partial charge in [0.25, 0.3) is 0 Å². The Hall–Kier alpha value is -0.910. The van der Waals surface area contributed by atoms with Crippen LogP contribution in [0.25, 0.3) is 0 Å². The molecule has 0 saturated carbocycles. The van der Waals surface area contributed by atoms with Crippen LogP contribution in [0.1, 0.15) is 6.92 Å².